The smallest absolute Gasteiger partial charge is 0.416 e. The maximum atomic E-state index is 13.1. The molecule has 31 heavy (non-hydrogen) atoms. The van der Waals surface area contributed by atoms with E-state index < -0.39 is 17.7 Å². The first-order chi connectivity index (χ1) is 14.8. The Morgan fingerprint density at radius 1 is 0.871 bits per heavy atom. The second-order valence-corrected chi connectivity index (χ2v) is 6.56. The third-order valence-electron chi connectivity index (χ3n) is 4.50. The van der Waals surface area contributed by atoms with Gasteiger partial charge in [0, 0.05) is 5.56 Å². The summed E-state index contributed by atoms with van der Waals surface area (Å²) in [5, 5.41) is 0. The summed E-state index contributed by atoms with van der Waals surface area (Å²) in [5.74, 6) is 0.0252. The summed E-state index contributed by atoms with van der Waals surface area (Å²) in [4.78, 5) is 20.4. The van der Waals surface area contributed by atoms with Gasteiger partial charge in [0.05, 0.1) is 29.3 Å². The molecular formula is C23H15F3N2O3. The predicted octanol–water partition coefficient (Wildman–Crippen LogP) is 5.89. The average Bonchev–Trinajstić information content (AvgIpc) is 2.78. The Bertz CT molecular complexity index is 1240. The fourth-order valence-corrected chi connectivity index (χ4v) is 2.96. The number of carbonyl (C=O) groups excluding carboxylic acids is 1. The Morgan fingerprint density at radius 2 is 1.58 bits per heavy atom. The summed E-state index contributed by atoms with van der Waals surface area (Å²) >= 11 is 0. The van der Waals surface area contributed by atoms with Gasteiger partial charge in [-0.3, -0.25) is 0 Å². The van der Waals surface area contributed by atoms with E-state index >= 15 is 0 Å². The number of hydrogen-bond acceptors (Lipinski definition) is 5. The summed E-state index contributed by atoms with van der Waals surface area (Å²) in [7, 11) is 1.29. The Kier molecular flexibility index (Phi) is 5.29. The van der Waals surface area contributed by atoms with E-state index in [4.69, 9.17) is 4.74 Å². The molecule has 0 fully saturated rings. The zero-order valence-electron chi connectivity index (χ0n) is 16.2. The van der Waals surface area contributed by atoms with E-state index in [1.165, 1.54) is 25.3 Å². The van der Waals surface area contributed by atoms with Gasteiger partial charge < -0.3 is 9.47 Å². The first-order valence-electron chi connectivity index (χ1n) is 9.16. The second kappa shape index (κ2) is 8.06. The first-order valence-corrected chi connectivity index (χ1v) is 9.16. The third-order valence-corrected chi connectivity index (χ3v) is 4.50. The lowest BCUT2D eigenvalue weighted by Gasteiger charge is -2.13. The zero-order chi connectivity index (χ0) is 22.0. The number of benzene rings is 3. The van der Waals surface area contributed by atoms with E-state index in [1.807, 2.05) is 6.07 Å². The molecule has 8 heteroatoms. The van der Waals surface area contributed by atoms with Crippen molar-refractivity contribution in [2.24, 2.45) is 0 Å². The number of aromatic nitrogens is 2. The van der Waals surface area contributed by atoms with Crippen LogP contribution in [0.15, 0.2) is 72.8 Å². The van der Waals surface area contributed by atoms with E-state index in [9.17, 15) is 18.0 Å². The standard InChI is InChI=1S/C23H15F3N2O3/c1-30-22(29)15-7-10-17(11-8-15)31-21-20(14-5-3-2-4-6-14)27-19-13-16(23(24,25)26)9-12-18(19)28-21/h2-13H,1H3. The topological polar surface area (TPSA) is 61.3 Å². The highest BCUT2D eigenvalue weighted by Crippen LogP contribution is 2.35. The molecule has 0 aliphatic heterocycles. The van der Waals surface area contributed by atoms with Gasteiger partial charge in [-0.1, -0.05) is 30.3 Å². The Labute approximate surface area is 175 Å². The highest BCUT2D eigenvalue weighted by Gasteiger charge is 2.31. The van der Waals surface area contributed by atoms with Crippen LogP contribution >= 0.6 is 0 Å². The number of halogens is 3. The number of ether oxygens (including phenoxy) is 2. The van der Waals surface area contributed by atoms with Gasteiger partial charge in [-0.15, -0.1) is 0 Å². The molecule has 0 saturated heterocycles. The number of alkyl halides is 3. The fourth-order valence-electron chi connectivity index (χ4n) is 2.96. The van der Waals surface area contributed by atoms with Gasteiger partial charge in [-0.2, -0.15) is 13.2 Å². The van der Waals surface area contributed by atoms with E-state index in [-0.39, 0.29) is 16.9 Å². The highest BCUT2D eigenvalue weighted by molar-refractivity contribution is 5.89. The predicted molar refractivity (Wildman–Crippen MR) is 108 cm³/mol. The minimum atomic E-state index is -4.49. The molecule has 4 aromatic rings. The van der Waals surface area contributed by atoms with Crippen LogP contribution in [0.25, 0.3) is 22.3 Å². The van der Waals surface area contributed by atoms with Crippen molar-refractivity contribution >= 4 is 17.0 Å². The molecular weight excluding hydrogens is 409 g/mol. The normalized spacial score (nSPS) is 11.4. The zero-order valence-corrected chi connectivity index (χ0v) is 16.2. The molecule has 0 aliphatic rings. The van der Waals surface area contributed by atoms with Crippen LogP contribution in [0.1, 0.15) is 15.9 Å². The van der Waals surface area contributed by atoms with Crippen molar-refractivity contribution in [3.63, 3.8) is 0 Å². The molecule has 5 nitrogen and oxygen atoms in total. The minimum absolute atomic E-state index is 0.0991. The van der Waals surface area contributed by atoms with Gasteiger partial charge in [-0.05, 0) is 42.5 Å². The van der Waals surface area contributed by atoms with Crippen molar-refractivity contribution < 1.29 is 27.4 Å². The molecule has 1 aromatic heterocycles. The number of methoxy groups -OCH3 is 1. The molecule has 156 valence electrons. The lowest BCUT2D eigenvalue weighted by molar-refractivity contribution is -0.137. The molecule has 4 rings (SSSR count). The number of carbonyl (C=O) groups is 1. The van der Waals surface area contributed by atoms with Crippen LogP contribution in [0.2, 0.25) is 0 Å². The molecule has 0 spiro atoms. The van der Waals surface area contributed by atoms with Gasteiger partial charge in [0.25, 0.3) is 0 Å². The summed E-state index contributed by atoms with van der Waals surface area (Å²) in [5.41, 5.74) is 0.832. The summed E-state index contributed by atoms with van der Waals surface area (Å²) < 4.78 is 49.9. The largest absolute Gasteiger partial charge is 0.465 e. The average molecular weight is 424 g/mol. The first kappa shape index (κ1) is 20.3. The van der Waals surface area contributed by atoms with E-state index in [2.05, 4.69) is 14.7 Å². The van der Waals surface area contributed by atoms with Crippen LogP contribution in [0.5, 0.6) is 11.6 Å². The summed E-state index contributed by atoms with van der Waals surface area (Å²) in [6, 6.07) is 18.3. The number of hydrogen-bond donors (Lipinski definition) is 0. The molecule has 3 aromatic carbocycles. The lowest BCUT2D eigenvalue weighted by atomic mass is 10.1. The van der Waals surface area contributed by atoms with Gasteiger partial charge in [0.1, 0.15) is 11.4 Å². The van der Waals surface area contributed by atoms with Crippen molar-refractivity contribution in [1.29, 1.82) is 0 Å². The van der Waals surface area contributed by atoms with Gasteiger partial charge in [0.15, 0.2) is 0 Å². The van der Waals surface area contributed by atoms with Crippen molar-refractivity contribution in [3.8, 4) is 22.9 Å². The molecule has 0 unspecified atom stereocenters. The molecule has 1 heterocycles. The fraction of sp³-hybridized carbons (Fsp3) is 0.0870. The monoisotopic (exact) mass is 424 g/mol. The molecule has 0 saturated carbocycles. The third kappa shape index (κ3) is 4.32. The quantitative estimate of drug-likeness (QED) is 0.382. The molecule has 0 bridgehead atoms. The lowest BCUT2D eigenvalue weighted by Crippen LogP contribution is -2.05. The van der Waals surface area contributed by atoms with Crippen LogP contribution in [0.3, 0.4) is 0 Å². The Morgan fingerprint density at radius 3 is 2.23 bits per heavy atom. The van der Waals surface area contributed by atoms with Crippen LogP contribution in [0.4, 0.5) is 13.2 Å². The Balaban J connectivity index is 1.80. The Hall–Kier alpha value is -3.94. The number of nitrogens with zero attached hydrogens (tertiary/aromatic N) is 2. The van der Waals surface area contributed by atoms with Crippen LogP contribution < -0.4 is 4.74 Å². The van der Waals surface area contributed by atoms with Crippen molar-refractivity contribution in [3.05, 3.63) is 83.9 Å². The van der Waals surface area contributed by atoms with Gasteiger partial charge in [0.2, 0.25) is 5.88 Å². The van der Waals surface area contributed by atoms with Crippen molar-refractivity contribution in [2.45, 2.75) is 6.18 Å². The molecule has 0 atom stereocenters. The maximum absolute atomic E-state index is 13.1. The van der Waals surface area contributed by atoms with E-state index in [0.29, 0.717) is 22.6 Å². The van der Waals surface area contributed by atoms with Crippen molar-refractivity contribution in [2.75, 3.05) is 7.11 Å². The van der Waals surface area contributed by atoms with E-state index in [1.54, 1.807) is 36.4 Å². The number of rotatable bonds is 4. The van der Waals surface area contributed by atoms with Crippen LogP contribution in [0, 0.1) is 0 Å². The molecule has 0 amide bonds. The minimum Gasteiger partial charge on any atom is -0.465 e. The van der Waals surface area contributed by atoms with Gasteiger partial charge in [-0.25, -0.2) is 14.8 Å². The summed E-state index contributed by atoms with van der Waals surface area (Å²) in [6.07, 6.45) is -4.49. The van der Waals surface area contributed by atoms with Gasteiger partial charge >= 0.3 is 12.1 Å². The number of esters is 1. The molecule has 0 radical (unpaired) electrons. The maximum Gasteiger partial charge on any atom is 0.416 e. The van der Waals surface area contributed by atoms with Crippen molar-refractivity contribution in [1.82, 2.24) is 9.97 Å². The molecule has 0 aliphatic carbocycles. The highest BCUT2D eigenvalue weighted by atomic mass is 19.4. The van der Waals surface area contributed by atoms with Crippen LogP contribution in [-0.2, 0) is 10.9 Å². The summed E-state index contributed by atoms with van der Waals surface area (Å²) in [6.45, 7) is 0. The molecule has 0 N–H and O–H groups in total. The SMILES string of the molecule is COC(=O)c1ccc(Oc2nc3ccc(C(F)(F)F)cc3nc2-c2ccccc2)cc1. The van der Waals surface area contributed by atoms with Crippen LogP contribution in [-0.4, -0.2) is 23.0 Å². The second-order valence-electron chi connectivity index (χ2n) is 6.56. The number of fused-ring (bicyclic) bond motifs is 1. The van der Waals surface area contributed by atoms with E-state index in [0.717, 1.165) is 12.1 Å².